The van der Waals surface area contributed by atoms with Gasteiger partial charge in [0, 0.05) is 6.42 Å². The standard InChI is InChI=1S/C72H131NO18/c1-3-5-7-9-11-13-15-17-19-21-23-25-26-27-28-30-31-33-35-37-39-41-43-45-47-49-56(77)55(73-60(78)50-48-46-44-42-40-38-36-34-32-29-24-22-20-18-16-14-12-10-8-6-4-2)54-86-70-66(84)63(81)68(58(52-75)88-70)91-72-67(85)64(82)69(59(53-76)89-72)90-71-65(83)62(80)61(79)57(51-74)87-71/h6,8,12,14,18,20,24,29,55-59,61-72,74-77,79-85H,3-5,7,9-11,13,15-17,19,21-23,25-28,30-54H2,1-2H3,(H,73,78)/b8-6-,14-12-,20-18-,29-24-. The van der Waals surface area contributed by atoms with Gasteiger partial charge >= 0.3 is 0 Å². The minimum Gasteiger partial charge on any atom is -0.394 e. The summed E-state index contributed by atoms with van der Waals surface area (Å²) in [5.41, 5.74) is 0. The van der Waals surface area contributed by atoms with Gasteiger partial charge in [-0.1, -0.05) is 262 Å². The number of carbonyl (C=O) groups is 1. The Kier molecular flexibility index (Phi) is 49.1. The van der Waals surface area contributed by atoms with Gasteiger partial charge in [0.15, 0.2) is 18.9 Å². The van der Waals surface area contributed by atoms with Crippen LogP contribution in [0.15, 0.2) is 48.6 Å². The van der Waals surface area contributed by atoms with Crippen LogP contribution in [0.5, 0.6) is 0 Å². The van der Waals surface area contributed by atoms with E-state index in [1.165, 1.54) is 154 Å². The Bertz CT molecular complexity index is 1840. The number of ether oxygens (including phenoxy) is 6. The Morgan fingerprint density at radius 1 is 0.407 bits per heavy atom. The van der Waals surface area contributed by atoms with Crippen LogP contribution >= 0.6 is 0 Å². The van der Waals surface area contributed by atoms with E-state index in [1.54, 1.807) is 0 Å². The molecule has 1 amide bonds. The molecule has 3 aliphatic heterocycles. The number of hydrogen-bond acceptors (Lipinski definition) is 18. The minimum atomic E-state index is -1.97. The maximum Gasteiger partial charge on any atom is 0.220 e. The van der Waals surface area contributed by atoms with Crippen molar-refractivity contribution < 1.29 is 89.4 Å². The lowest BCUT2D eigenvalue weighted by molar-refractivity contribution is -0.379. The molecule has 0 saturated carbocycles. The van der Waals surface area contributed by atoms with Crippen molar-refractivity contribution in [2.75, 3.05) is 26.4 Å². The van der Waals surface area contributed by atoms with Crippen LogP contribution in [0.1, 0.15) is 271 Å². The van der Waals surface area contributed by atoms with Crippen LogP contribution < -0.4 is 5.32 Å². The van der Waals surface area contributed by atoms with Crippen molar-refractivity contribution in [3.8, 4) is 0 Å². The highest BCUT2D eigenvalue weighted by atomic mass is 16.8. The van der Waals surface area contributed by atoms with Gasteiger partial charge in [0.05, 0.1) is 38.6 Å². The van der Waals surface area contributed by atoms with E-state index in [4.69, 9.17) is 28.4 Å². The number of unbranched alkanes of at least 4 members (excludes halogenated alkanes) is 32. The summed E-state index contributed by atoms with van der Waals surface area (Å²) >= 11 is 0. The van der Waals surface area contributed by atoms with Gasteiger partial charge in [0.25, 0.3) is 0 Å². The van der Waals surface area contributed by atoms with E-state index in [2.05, 4.69) is 67.8 Å². The lowest BCUT2D eigenvalue weighted by atomic mass is 9.96. The second-order valence-electron chi connectivity index (χ2n) is 26.0. The molecule has 19 nitrogen and oxygen atoms in total. The molecule has 3 fully saturated rings. The number of aliphatic hydroxyl groups excluding tert-OH is 11. The van der Waals surface area contributed by atoms with Crippen LogP contribution in [0, 0.1) is 0 Å². The Balaban J connectivity index is 1.42. The summed E-state index contributed by atoms with van der Waals surface area (Å²) in [6.07, 6.45) is 37.5. The number of rotatable bonds is 56. The van der Waals surface area contributed by atoms with E-state index < -0.39 is 124 Å². The smallest absolute Gasteiger partial charge is 0.220 e. The third-order valence-corrected chi connectivity index (χ3v) is 18.2. The molecule has 17 atom stereocenters. The predicted octanol–water partition coefficient (Wildman–Crippen LogP) is 10.2. The van der Waals surface area contributed by atoms with E-state index >= 15 is 0 Å². The van der Waals surface area contributed by atoms with Gasteiger partial charge in [-0.25, -0.2) is 0 Å². The van der Waals surface area contributed by atoms with E-state index in [1.807, 2.05) is 0 Å². The molecule has 0 aromatic carbocycles. The van der Waals surface area contributed by atoms with Gasteiger partial charge in [0.1, 0.15) is 73.2 Å². The van der Waals surface area contributed by atoms with Gasteiger partial charge in [-0.2, -0.15) is 0 Å². The van der Waals surface area contributed by atoms with E-state index in [0.717, 1.165) is 83.5 Å². The summed E-state index contributed by atoms with van der Waals surface area (Å²) in [5, 5.41) is 121. The van der Waals surface area contributed by atoms with Gasteiger partial charge in [-0.15, -0.1) is 0 Å². The second kappa shape index (κ2) is 53.8. The molecular formula is C72H131NO18. The summed E-state index contributed by atoms with van der Waals surface area (Å²) < 4.78 is 34.5. The van der Waals surface area contributed by atoms with Crippen molar-refractivity contribution in [1.82, 2.24) is 5.32 Å². The maximum atomic E-state index is 13.4. The van der Waals surface area contributed by atoms with E-state index in [-0.39, 0.29) is 18.9 Å². The quantitative estimate of drug-likeness (QED) is 0.0199. The lowest BCUT2D eigenvalue weighted by Gasteiger charge is -2.48. The summed E-state index contributed by atoms with van der Waals surface area (Å²) in [6.45, 7) is 1.71. The first-order valence-electron chi connectivity index (χ1n) is 36.4. The van der Waals surface area contributed by atoms with Crippen molar-refractivity contribution in [1.29, 1.82) is 0 Å². The molecule has 0 aliphatic carbocycles. The highest BCUT2D eigenvalue weighted by molar-refractivity contribution is 5.76. The number of nitrogens with one attached hydrogen (secondary N) is 1. The largest absolute Gasteiger partial charge is 0.394 e. The van der Waals surface area contributed by atoms with Crippen LogP contribution in [0.2, 0.25) is 0 Å². The van der Waals surface area contributed by atoms with Crippen molar-refractivity contribution in [3.05, 3.63) is 48.6 Å². The summed E-state index contributed by atoms with van der Waals surface area (Å²) in [4.78, 5) is 13.4. The van der Waals surface area contributed by atoms with Crippen LogP contribution in [0.25, 0.3) is 0 Å². The molecule has 3 saturated heterocycles. The van der Waals surface area contributed by atoms with Gasteiger partial charge in [-0.3, -0.25) is 4.79 Å². The molecule has 91 heavy (non-hydrogen) atoms. The molecule has 3 aliphatic rings. The molecule has 532 valence electrons. The first-order valence-corrected chi connectivity index (χ1v) is 36.4. The van der Waals surface area contributed by atoms with Crippen molar-refractivity contribution in [3.63, 3.8) is 0 Å². The van der Waals surface area contributed by atoms with Crippen molar-refractivity contribution in [2.24, 2.45) is 0 Å². The number of allylic oxidation sites excluding steroid dienone is 8. The normalized spacial score (nSPS) is 28.1. The highest BCUT2D eigenvalue weighted by Gasteiger charge is 2.53. The summed E-state index contributed by atoms with van der Waals surface area (Å²) in [5.74, 6) is -0.250. The molecular weight excluding hydrogens is 1170 g/mol. The summed E-state index contributed by atoms with van der Waals surface area (Å²) in [7, 11) is 0. The number of hydrogen-bond donors (Lipinski definition) is 12. The number of aliphatic hydroxyl groups is 11. The molecule has 0 radical (unpaired) electrons. The van der Waals surface area contributed by atoms with Crippen LogP contribution in [0.3, 0.4) is 0 Å². The molecule has 17 unspecified atom stereocenters. The fourth-order valence-corrected chi connectivity index (χ4v) is 12.3. The monoisotopic (exact) mass is 1300 g/mol. The zero-order valence-electron chi connectivity index (χ0n) is 56.3. The highest BCUT2D eigenvalue weighted by Crippen LogP contribution is 2.33. The minimum absolute atomic E-state index is 0.250. The molecule has 3 rings (SSSR count). The van der Waals surface area contributed by atoms with Crippen LogP contribution in [0.4, 0.5) is 0 Å². The van der Waals surface area contributed by atoms with E-state index in [0.29, 0.717) is 12.8 Å². The Morgan fingerprint density at radius 3 is 1.19 bits per heavy atom. The SMILES string of the molecule is CC/C=C\C/C=C\C/C=C\C/C=C\CCCCCCCCCCC(=O)NC(COC1OC(CO)C(OC2OC(CO)C(OC3OC(CO)C(O)C(O)C3O)C(O)C2O)C(O)C1O)C(O)CCCCCCCCCCCCCCCCCCCCCCCCCCC. The third-order valence-electron chi connectivity index (χ3n) is 18.2. The van der Waals surface area contributed by atoms with Gasteiger partial charge in [-0.05, 0) is 51.4 Å². The topological polar surface area (TPSA) is 307 Å². The Morgan fingerprint density at radius 2 is 0.758 bits per heavy atom. The number of carbonyl (C=O) groups excluding carboxylic acids is 1. The average Bonchev–Trinajstić information content (AvgIpc) is 0.883. The molecule has 0 bridgehead atoms. The summed E-state index contributed by atoms with van der Waals surface area (Å²) in [6, 6.07) is -0.895. The maximum absolute atomic E-state index is 13.4. The molecule has 0 aromatic heterocycles. The third kappa shape index (κ3) is 35.5. The number of amides is 1. The fraction of sp³-hybridized carbons (Fsp3) is 0.875. The average molecular weight is 1300 g/mol. The molecule has 0 aromatic rings. The van der Waals surface area contributed by atoms with E-state index in [9.17, 15) is 61.0 Å². The zero-order chi connectivity index (χ0) is 66.1. The zero-order valence-corrected chi connectivity index (χ0v) is 56.3. The van der Waals surface area contributed by atoms with Gasteiger partial charge in [0.2, 0.25) is 5.91 Å². The Labute approximate surface area is 548 Å². The van der Waals surface area contributed by atoms with Crippen molar-refractivity contribution >= 4 is 5.91 Å². The molecule has 12 N–H and O–H groups in total. The molecule has 3 heterocycles. The van der Waals surface area contributed by atoms with Crippen LogP contribution in [-0.2, 0) is 33.2 Å². The Hall–Kier alpha value is -2.25. The fourth-order valence-electron chi connectivity index (χ4n) is 12.3. The first-order chi connectivity index (χ1) is 44.3. The molecule has 19 heteroatoms. The lowest BCUT2D eigenvalue weighted by Crippen LogP contribution is -2.66. The molecule has 0 spiro atoms. The second-order valence-corrected chi connectivity index (χ2v) is 26.0. The van der Waals surface area contributed by atoms with Crippen molar-refractivity contribution in [2.45, 2.75) is 375 Å². The van der Waals surface area contributed by atoms with Crippen LogP contribution in [-0.4, -0.2) is 193 Å². The van der Waals surface area contributed by atoms with Gasteiger partial charge < -0.3 is 89.9 Å². The predicted molar refractivity (Wildman–Crippen MR) is 356 cm³/mol. The first kappa shape index (κ1) is 83.0.